The van der Waals surface area contributed by atoms with Crippen LogP contribution < -0.4 is 4.90 Å². The van der Waals surface area contributed by atoms with Crippen LogP contribution in [0.2, 0.25) is 0 Å². The van der Waals surface area contributed by atoms with Gasteiger partial charge in [-0.1, -0.05) is 30.4 Å². The summed E-state index contributed by atoms with van der Waals surface area (Å²) in [5, 5.41) is 20.3. The highest BCUT2D eigenvalue weighted by Crippen LogP contribution is 2.56. The zero-order valence-electron chi connectivity index (χ0n) is 14.6. The Morgan fingerprint density at radius 1 is 1.15 bits per heavy atom. The van der Waals surface area contributed by atoms with Crippen LogP contribution in [0.1, 0.15) is 30.1 Å². The van der Waals surface area contributed by atoms with E-state index in [1.54, 1.807) is 12.1 Å². The number of hydrogen-bond acceptors (Lipinski definition) is 5. The van der Waals surface area contributed by atoms with Crippen molar-refractivity contribution in [2.24, 2.45) is 11.3 Å². The highest BCUT2D eigenvalue weighted by Gasteiger charge is 2.65. The molecule has 2 fully saturated rings. The zero-order chi connectivity index (χ0) is 18.6. The molecule has 3 atom stereocenters. The molecule has 0 bridgehead atoms. The number of rotatable bonds is 3. The molecule has 5 nitrogen and oxygen atoms in total. The number of ketones is 1. The second-order valence-electron chi connectivity index (χ2n) is 7.48. The Morgan fingerprint density at radius 3 is 2.59 bits per heavy atom. The van der Waals surface area contributed by atoms with Gasteiger partial charge in [-0.15, -0.1) is 0 Å². The molecular weight excluding hydrogens is 338 g/mol. The van der Waals surface area contributed by atoms with E-state index in [9.17, 15) is 15.3 Å². The zero-order valence-corrected chi connectivity index (χ0v) is 14.6. The van der Waals surface area contributed by atoms with Gasteiger partial charge in [0.1, 0.15) is 11.8 Å². The van der Waals surface area contributed by atoms with Gasteiger partial charge >= 0.3 is 0 Å². The number of carbonyl (C=O) groups is 1. The number of anilines is 1. The highest BCUT2D eigenvalue weighted by atomic mass is 16.3. The first-order valence-electron chi connectivity index (χ1n) is 9.16. The molecule has 2 aromatic rings. The standard InChI is InChI=1S/C22H17N3O2/c23-12-22(13-24)18-10-9-14-4-1-2-5-16(14)25(18)20(21(26)15-7-8-15)19(22)17-6-3-11-27-17/h1-6,9-11,15,18-20H,7-8H2. The first-order valence-corrected chi connectivity index (χ1v) is 9.16. The third kappa shape index (κ3) is 2.06. The van der Waals surface area contributed by atoms with E-state index in [1.165, 1.54) is 6.26 Å². The molecule has 3 aliphatic rings. The largest absolute Gasteiger partial charge is 0.469 e. The van der Waals surface area contributed by atoms with E-state index in [4.69, 9.17) is 4.42 Å². The van der Waals surface area contributed by atoms with E-state index in [0.29, 0.717) is 5.76 Å². The molecule has 2 aliphatic heterocycles. The fraction of sp³-hybridized carbons (Fsp3) is 0.318. The molecule has 27 heavy (non-hydrogen) atoms. The van der Waals surface area contributed by atoms with Crippen molar-refractivity contribution in [3.63, 3.8) is 0 Å². The Balaban J connectivity index is 1.77. The molecule has 5 heteroatoms. The fourth-order valence-electron chi connectivity index (χ4n) is 4.64. The van der Waals surface area contributed by atoms with Gasteiger partial charge in [-0.2, -0.15) is 10.5 Å². The molecule has 0 amide bonds. The Kier molecular flexibility index (Phi) is 3.29. The predicted octanol–water partition coefficient (Wildman–Crippen LogP) is 3.66. The van der Waals surface area contributed by atoms with Crippen LogP contribution >= 0.6 is 0 Å². The second kappa shape index (κ2) is 5.59. The molecule has 0 spiro atoms. The van der Waals surface area contributed by atoms with Gasteiger partial charge in [-0.05, 0) is 36.6 Å². The van der Waals surface area contributed by atoms with Gasteiger partial charge in [0.05, 0.1) is 30.4 Å². The number of nitrogens with zero attached hydrogens (tertiary/aromatic N) is 3. The number of Topliss-reactive ketones (excluding diaryl/α,β-unsaturated/α-hetero) is 1. The molecule has 3 unspecified atom stereocenters. The summed E-state index contributed by atoms with van der Waals surface area (Å²) in [5.41, 5.74) is 0.497. The van der Waals surface area contributed by atoms with E-state index < -0.39 is 23.4 Å². The maximum absolute atomic E-state index is 13.4. The van der Waals surface area contributed by atoms with Gasteiger partial charge in [0.15, 0.2) is 11.2 Å². The Hall–Kier alpha value is -3.31. The van der Waals surface area contributed by atoms with E-state index in [2.05, 4.69) is 12.1 Å². The van der Waals surface area contributed by atoms with Crippen LogP contribution in [0.25, 0.3) is 6.08 Å². The van der Waals surface area contributed by atoms with Crippen molar-refractivity contribution in [2.45, 2.75) is 30.8 Å². The summed E-state index contributed by atoms with van der Waals surface area (Å²) in [6.45, 7) is 0. The summed E-state index contributed by atoms with van der Waals surface area (Å²) in [4.78, 5) is 15.4. The predicted molar refractivity (Wildman–Crippen MR) is 98.4 cm³/mol. The normalized spacial score (nSPS) is 27.3. The summed E-state index contributed by atoms with van der Waals surface area (Å²) in [7, 11) is 0. The molecule has 1 saturated heterocycles. The summed E-state index contributed by atoms with van der Waals surface area (Å²) in [5.74, 6) is 0.0204. The molecule has 0 N–H and O–H groups in total. The van der Waals surface area contributed by atoms with Crippen molar-refractivity contribution in [1.82, 2.24) is 0 Å². The van der Waals surface area contributed by atoms with Gasteiger partial charge in [0, 0.05) is 11.6 Å². The molecule has 1 aromatic heterocycles. The third-order valence-electron chi connectivity index (χ3n) is 6.04. The molecule has 1 aliphatic carbocycles. The average Bonchev–Trinajstić information content (AvgIpc) is 3.33. The van der Waals surface area contributed by atoms with Gasteiger partial charge < -0.3 is 9.32 Å². The van der Waals surface area contributed by atoms with Crippen LogP contribution in [-0.4, -0.2) is 17.9 Å². The van der Waals surface area contributed by atoms with Crippen LogP contribution in [0.15, 0.2) is 53.2 Å². The number of fused-ring (bicyclic) bond motifs is 3. The monoisotopic (exact) mass is 355 g/mol. The SMILES string of the molecule is N#CC1(C#N)C(c2ccco2)C(C(=O)C2CC2)N2c3ccccc3C=CC21. The molecule has 3 heterocycles. The smallest absolute Gasteiger partial charge is 0.179 e. The minimum atomic E-state index is -1.39. The first kappa shape index (κ1) is 15.9. The van der Waals surface area contributed by atoms with Gasteiger partial charge in [0.2, 0.25) is 0 Å². The molecule has 132 valence electrons. The lowest BCUT2D eigenvalue weighted by Crippen LogP contribution is -2.44. The molecule has 1 aromatic carbocycles. The third-order valence-corrected chi connectivity index (χ3v) is 6.04. The number of para-hydroxylation sites is 1. The lowest BCUT2D eigenvalue weighted by atomic mass is 9.71. The topological polar surface area (TPSA) is 81.0 Å². The van der Waals surface area contributed by atoms with Crippen molar-refractivity contribution in [2.75, 3.05) is 4.90 Å². The Bertz CT molecular complexity index is 1010. The lowest BCUT2D eigenvalue weighted by molar-refractivity contribution is -0.121. The number of benzene rings is 1. The summed E-state index contributed by atoms with van der Waals surface area (Å²) in [6.07, 6.45) is 7.13. The Morgan fingerprint density at radius 2 is 1.93 bits per heavy atom. The molecular formula is C22H17N3O2. The van der Waals surface area contributed by atoms with Crippen LogP contribution in [0.3, 0.4) is 0 Å². The summed E-state index contributed by atoms with van der Waals surface area (Å²) in [6, 6.07) is 14.8. The molecule has 0 radical (unpaired) electrons. The van der Waals surface area contributed by atoms with E-state index in [-0.39, 0.29) is 11.7 Å². The minimum absolute atomic E-state index is 0.0133. The van der Waals surface area contributed by atoms with Crippen LogP contribution in [0, 0.1) is 34.0 Å². The number of hydrogen-bond donors (Lipinski definition) is 0. The first-order chi connectivity index (χ1) is 13.2. The van der Waals surface area contributed by atoms with Gasteiger partial charge in [0.25, 0.3) is 0 Å². The number of carbonyl (C=O) groups excluding carboxylic acids is 1. The highest BCUT2D eigenvalue weighted by molar-refractivity contribution is 5.95. The molecule has 5 rings (SSSR count). The number of nitriles is 2. The second-order valence-corrected chi connectivity index (χ2v) is 7.48. The van der Waals surface area contributed by atoms with Crippen molar-refractivity contribution in [3.05, 3.63) is 60.1 Å². The maximum atomic E-state index is 13.4. The quantitative estimate of drug-likeness (QED) is 0.839. The maximum Gasteiger partial charge on any atom is 0.179 e. The Labute approximate surface area is 157 Å². The fourth-order valence-corrected chi connectivity index (χ4v) is 4.64. The van der Waals surface area contributed by atoms with Crippen molar-refractivity contribution in [1.29, 1.82) is 10.5 Å². The van der Waals surface area contributed by atoms with E-state index in [1.807, 2.05) is 41.3 Å². The van der Waals surface area contributed by atoms with Crippen molar-refractivity contribution >= 4 is 17.5 Å². The van der Waals surface area contributed by atoms with E-state index >= 15 is 0 Å². The van der Waals surface area contributed by atoms with Crippen LogP contribution in [-0.2, 0) is 4.79 Å². The van der Waals surface area contributed by atoms with Crippen molar-refractivity contribution < 1.29 is 9.21 Å². The average molecular weight is 355 g/mol. The summed E-state index contributed by atoms with van der Waals surface area (Å²) >= 11 is 0. The van der Waals surface area contributed by atoms with Crippen LogP contribution in [0.5, 0.6) is 0 Å². The minimum Gasteiger partial charge on any atom is -0.469 e. The number of furan rings is 1. The van der Waals surface area contributed by atoms with E-state index in [0.717, 1.165) is 24.1 Å². The lowest BCUT2D eigenvalue weighted by Gasteiger charge is -2.35. The van der Waals surface area contributed by atoms with Gasteiger partial charge in [-0.3, -0.25) is 4.79 Å². The van der Waals surface area contributed by atoms with Crippen LogP contribution in [0.4, 0.5) is 5.69 Å². The van der Waals surface area contributed by atoms with Gasteiger partial charge in [-0.25, -0.2) is 0 Å². The summed E-state index contributed by atoms with van der Waals surface area (Å²) < 4.78 is 5.65. The molecule has 1 saturated carbocycles. The van der Waals surface area contributed by atoms with Crippen molar-refractivity contribution in [3.8, 4) is 12.1 Å².